The van der Waals surface area contributed by atoms with Crippen LogP contribution in [-0.2, 0) is 0 Å². The van der Waals surface area contributed by atoms with E-state index in [0.29, 0.717) is 11.0 Å². The summed E-state index contributed by atoms with van der Waals surface area (Å²) < 4.78 is 0. The Balaban J connectivity index is 3.52. The number of benzene rings is 1. The predicted octanol–water partition coefficient (Wildman–Crippen LogP) is 0.547. The fraction of sp³-hybridized carbons (Fsp3) is 0.300. The zero-order valence-electron chi connectivity index (χ0n) is 8.46. The molecular weight excluding hydrogens is 179 g/mol. The Morgan fingerprint density at radius 1 is 1.29 bits per heavy atom. The Labute approximate surface area is 83.7 Å². The van der Waals surface area contributed by atoms with E-state index in [0.717, 1.165) is 18.6 Å². The number of carboxylic acid groups (broad SMARTS) is 1. The minimum Gasteiger partial charge on any atom is -0.478 e. The smallest absolute Gasteiger partial charge is 0.336 e. The van der Waals surface area contributed by atoms with Gasteiger partial charge in [-0.2, -0.15) is 0 Å². The normalized spacial score (nSPS) is 10.0. The Kier molecular flexibility index (Phi) is 2.96. The van der Waals surface area contributed by atoms with Crippen molar-refractivity contribution in [1.82, 2.24) is 0 Å². The van der Waals surface area contributed by atoms with Crippen LogP contribution in [0.4, 0.5) is 0 Å². The number of aryl methyl sites for hydroxylation is 2. The van der Waals surface area contributed by atoms with Gasteiger partial charge in [0.15, 0.2) is 0 Å². The minimum absolute atomic E-state index is 0.274. The topological polar surface area (TPSA) is 57.5 Å². The summed E-state index contributed by atoms with van der Waals surface area (Å²) in [6.45, 7) is 5.30. The molecule has 0 amide bonds. The summed E-state index contributed by atoms with van der Waals surface area (Å²) in [6.07, 6.45) is 0. The third kappa shape index (κ3) is 1.66. The summed E-state index contributed by atoms with van der Waals surface area (Å²) in [5.41, 5.74) is 3.08. The molecule has 73 valence electrons. The third-order valence-electron chi connectivity index (χ3n) is 2.37. The highest BCUT2D eigenvalue weighted by Gasteiger charge is 2.15. The molecule has 4 heteroatoms. The van der Waals surface area contributed by atoms with Gasteiger partial charge in [0, 0.05) is 0 Å². The van der Waals surface area contributed by atoms with Crippen molar-refractivity contribution < 1.29 is 14.9 Å². The molecule has 2 N–H and O–H groups in total. The van der Waals surface area contributed by atoms with Crippen LogP contribution in [0.25, 0.3) is 0 Å². The van der Waals surface area contributed by atoms with Gasteiger partial charge in [-0.15, -0.1) is 0 Å². The van der Waals surface area contributed by atoms with Gasteiger partial charge in [-0.1, -0.05) is 11.6 Å². The average Bonchev–Trinajstić information content (AvgIpc) is 2.02. The fourth-order valence-corrected chi connectivity index (χ4v) is 1.73. The number of rotatable bonds is 2. The van der Waals surface area contributed by atoms with Gasteiger partial charge in [-0.05, 0) is 37.4 Å². The van der Waals surface area contributed by atoms with E-state index >= 15 is 0 Å². The van der Waals surface area contributed by atoms with Gasteiger partial charge in [0.2, 0.25) is 0 Å². The van der Waals surface area contributed by atoms with Crippen molar-refractivity contribution in [2.75, 3.05) is 0 Å². The lowest BCUT2D eigenvalue weighted by Gasteiger charge is -2.12. The van der Waals surface area contributed by atoms with E-state index in [4.69, 9.17) is 10.1 Å². The molecule has 1 rings (SSSR count). The highest BCUT2D eigenvalue weighted by molar-refractivity contribution is 6.47. The molecule has 14 heavy (non-hydrogen) atoms. The van der Waals surface area contributed by atoms with Crippen molar-refractivity contribution in [2.24, 2.45) is 0 Å². The third-order valence-corrected chi connectivity index (χ3v) is 2.37. The summed E-state index contributed by atoms with van der Waals surface area (Å²) in [5.74, 6) is -0.955. The molecule has 3 nitrogen and oxygen atoms in total. The number of hydrogen-bond acceptors (Lipinski definition) is 2. The largest absolute Gasteiger partial charge is 0.478 e. The molecule has 0 atom stereocenters. The van der Waals surface area contributed by atoms with E-state index < -0.39 is 5.97 Å². The molecule has 1 radical (unpaired) electrons. The molecule has 0 spiro atoms. The van der Waals surface area contributed by atoms with Gasteiger partial charge < -0.3 is 10.1 Å². The molecular formula is C10H12BO3. The maximum Gasteiger partial charge on any atom is 0.336 e. The van der Waals surface area contributed by atoms with Crippen molar-refractivity contribution in [1.29, 1.82) is 0 Å². The molecule has 0 aliphatic carbocycles. The van der Waals surface area contributed by atoms with Gasteiger partial charge in [-0.25, -0.2) is 4.79 Å². The van der Waals surface area contributed by atoms with Gasteiger partial charge in [0.05, 0.1) is 5.56 Å². The van der Waals surface area contributed by atoms with Crippen LogP contribution in [0.15, 0.2) is 6.07 Å². The van der Waals surface area contributed by atoms with E-state index in [9.17, 15) is 4.79 Å². The summed E-state index contributed by atoms with van der Waals surface area (Å²) in [4.78, 5) is 10.9. The Bertz CT molecular complexity index is 385. The second kappa shape index (κ2) is 3.84. The van der Waals surface area contributed by atoms with E-state index in [1.54, 1.807) is 19.9 Å². The highest BCUT2D eigenvalue weighted by Crippen LogP contribution is 2.14. The van der Waals surface area contributed by atoms with Crippen LogP contribution in [0.1, 0.15) is 27.0 Å². The molecule has 0 saturated carbocycles. The second-order valence-electron chi connectivity index (χ2n) is 3.36. The first-order chi connectivity index (χ1) is 6.49. The molecule has 0 aromatic heterocycles. The minimum atomic E-state index is -0.955. The van der Waals surface area contributed by atoms with Crippen molar-refractivity contribution >= 4 is 18.9 Å². The Hall–Kier alpha value is -1.29. The first-order valence-corrected chi connectivity index (χ1v) is 4.30. The monoisotopic (exact) mass is 191 g/mol. The summed E-state index contributed by atoms with van der Waals surface area (Å²) in [6, 6.07) is 1.76. The number of aromatic carboxylic acids is 1. The fourth-order valence-electron chi connectivity index (χ4n) is 1.73. The molecule has 0 heterocycles. The van der Waals surface area contributed by atoms with Crippen LogP contribution >= 0.6 is 0 Å². The van der Waals surface area contributed by atoms with Crippen molar-refractivity contribution in [3.05, 3.63) is 28.3 Å². The van der Waals surface area contributed by atoms with Gasteiger partial charge in [0.25, 0.3) is 0 Å². The van der Waals surface area contributed by atoms with Crippen molar-refractivity contribution in [3.63, 3.8) is 0 Å². The van der Waals surface area contributed by atoms with E-state index in [1.807, 2.05) is 6.92 Å². The van der Waals surface area contributed by atoms with E-state index in [2.05, 4.69) is 0 Å². The molecule has 0 aliphatic rings. The molecule has 0 aliphatic heterocycles. The second-order valence-corrected chi connectivity index (χ2v) is 3.36. The molecule has 0 unspecified atom stereocenters. The maximum absolute atomic E-state index is 10.9. The lowest BCUT2D eigenvalue weighted by Crippen LogP contribution is -2.24. The summed E-state index contributed by atoms with van der Waals surface area (Å²) >= 11 is 0. The standard InChI is InChI=1S/C10H12BO3/c1-5-4-6(2)9(11-14)7(3)8(5)10(12)13/h4,14H,1-3H3,(H,12,13). The van der Waals surface area contributed by atoms with Crippen LogP contribution in [-0.4, -0.2) is 23.6 Å². The highest BCUT2D eigenvalue weighted by atomic mass is 16.4. The quantitative estimate of drug-likeness (QED) is 0.671. The summed E-state index contributed by atoms with van der Waals surface area (Å²) in [5, 5.41) is 17.9. The van der Waals surface area contributed by atoms with Crippen LogP contribution in [0, 0.1) is 20.8 Å². The van der Waals surface area contributed by atoms with E-state index in [1.165, 1.54) is 0 Å². The van der Waals surface area contributed by atoms with Crippen molar-refractivity contribution in [2.45, 2.75) is 20.8 Å². The molecule has 0 saturated heterocycles. The molecule has 0 fully saturated rings. The van der Waals surface area contributed by atoms with Crippen LogP contribution in [0.2, 0.25) is 0 Å². The number of carboxylic acids is 1. The van der Waals surface area contributed by atoms with Gasteiger partial charge in [-0.3, -0.25) is 0 Å². The van der Waals surface area contributed by atoms with Crippen LogP contribution < -0.4 is 5.46 Å². The van der Waals surface area contributed by atoms with Crippen LogP contribution in [0.5, 0.6) is 0 Å². The predicted molar refractivity (Wildman–Crippen MR) is 55.2 cm³/mol. The average molecular weight is 191 g/mol. The number of carbonyl (C=O) groups is 1. The SMILES string of the molecule is Cc1cc(C)c(C(=O)O)c(C)c1[B]O. The first kappa shape index (κ1) is 10.8. The molecule has 1 aromatic carbocycles. The summed E-state index contributed by atoms with van der Waals surface area (Å²) in [7, 11) is 0.955. The Morgan fingerprint density at radius 2 is 1.86 bits per heavy atom. The van der Waals surface area contributed by atoms with Gasteiger partial charge in [0.1, 0.15) is 0 Å². The zero-order chi connectivity index (χ0) is 10.9. The lowest BCUT2D eigenvalue weighted by atomic mass is 9.78. The lowest BCUT2D eigenvalue weighted by molar-refractivity contribution is 0.0695. The van der Waals surface area contributed by atoms with Crippen molar-refractivity contribution in [3.8, 4) is 0 Å². The Morgan fingerprint density at radius 3 is 2.29 bits per heavy atom. The molecule has 1 aromatic rings. The first-order valence-electron chi connectivity index (χ1n) is 4.30. The van der Waals surface area contributed by atoms with E-state index in [-0.39, 0.29) is 5.56 Å². The maximum atomic E-state index is 10.9. The number of hydrogen-bond donors (Lipinski definition) is 2. The zero-order valence-corrected chi connectivity index (χ0v) is 8.46. The van der Waals surface area contributed by atoms with Gasteiger partial charge >= 0.3 is 13.5 Å². The molecule has 0 bridgehead atoms. The van der Waals surface area contributed by atoms with Crippen LogP contribution in [0.3, 0.4) is 0 Å².